The van der Waals surface area contributed by atoms with Crippen molar-refractivity contribution in [2.45, 2.75) is 20.1 Å². The Morgan fingerprint density at radius 3 is 2.84 bits per heavy atom. The van der Waals surface area contributed by atoms with E-state index in [0.717, 1.165) is 23.6 Å². The van der Waals surface area contributed by atoms with Gasteiger partial charge in [-0.2, -0.15) is 0 Å². The van der Waals surface area contributed by atoms with Crippen LogP contribution in [0.2, 0.25) is 0 Å². The van der Waals surface area contributed by atoms with Crippen molar-refractivity contribution in [3.8, 4) is 5.75 Å². The lowest BCUT2D eigenvalue weighted by Crippen LogP contribution is -2.04. The van der Waals surface area contributed by atoms with Gasteiger partial charge in [0.05, 0.1) is 4.47 Å². The van der Waals surface area contributed by atoms with E-state index in [1.807, 2.05) is 20.0 Å². The van der Waals surface area contributed by atoms with Gasteiger partial charge in [0.25, 0.3) is 0 Å². The summed E-state index contributed by atoms with van der Waals surface area (Å²) in [5.74, 6) is 1.92. The summed E-state index contributed by atoms with van der Waals surface area (Å²) >= 11 is 3.12. The van der Waals surface area contributed by atoms with Gasteiger partial charge < -0.3 is 14.5 Å². The van der Waals surface area contributed by atoms with Crippen LogP contribution >= 0.6 is 15.9 Å². The molecule has 0 aliphatic carbocycles. The lowest BCUT2D eigenvalue weighted by Gasteiger charge is -2.04. The number of hydrogen-bond donors (Lipinski definition) is 1. The summed E-state index contributed by atoms with van der Waals surface area (Å²) in [5, 5.41) is 3.08. The maximum Gasteiger partial charge on any atom is 0.146 e. The summed E-state index contributed by atoms with van der Waals surface area (Å²) in [6.07, 6.45) is 0. The van der Waals surface area contributed by atoms with Crippen LogP contribution in [0.25, 0.3) is 0 Å². The monoisotopic (exact) mass is 327 g/mol. The van der Waals surface area contributed by atoms with Crippen LogP contribution in [-0.2, 0) is 13.2 Å². The molecule has 1 N–H and O–H groups in total. The zero-order chi connectivity index (χ0) is 13.8. The summed E-state index contributed by atoms with van der Waals surface area (Å²) in [6.45, 7) is 3.00. The highest BCUT2D eigenvalue weighted by molar-refractivity contribution is 9.10. The highest BCUT2D eigenvalue weighted by Gasteiger charge is 2.08. The number of rotatable bonds is 5. The predicted octanol–water partition coefficient (Wildman–Crippen LogP) is 3.79. The number of aryl methyl sites for hydroxylation is 1. The molecule has 2 rings (SSSR count). The zero-order valence-corrected chi connectivity index (χ0v) is 12.4. The lowest BCUT2D eigenvalue weighted by atomic mass is 10.2. The first-order valence-corrected chi connectivity index (χ1v) is 6.70. The van der Waals surface area contributed by atoms with Crippen LogP contribution < -0.4 is 10.1 Å². The maximum absolute atomic E-state index is 13.1. The van der Waals surface area contributed by atoms with E-state index in [0.29, 0.717) is 16.8 Å². The first-order chi connectivity index (χ1) is 9.10. The first kappa shape index (κ1) is 14.1. The quantitative estimate of drug-likeness (QED) is 0.907. The molecule has 0 aliphatic rings. The molecule has 102 valence electrons. The Balaban J connectivity index is 2.01. The van der Waals surface area contributed by atoms with Gasteiger partial charge in [-0.25, -0.2) is 4.39 Å². The topological polar surface area (TPSA) is 34.4 Å². The van der Waals surface area contributed by atoms with Gasteiger partial charge in [-0.15, -0.1) is 0 Å². The van der Waals surface area contributed by atoms with Crippen molar-refractivity contribution < 1.29 is 13.5 Å². The van der Waals surface area contributed by atoms with Gasteiger partial charge in [0, 0.05) is 12.1 Å². The molecule has 0 spiro atoms. The third-order valence-electron chi connectivity index (χ3n) is 2.71. The van der Waals surface area contributed by atoms with E-state index in [4.69, 9.17) is 9.15 Å². The van der Waals surface area contributed by atoms with Gasteiger partial charge in [0.1, 0.15) is 29.7 Å². The van der Waals surface area contributed by atoms with Crippen molar-refractivity contribution in [3.05, 3.63) is 51.6 Å². The van der Waals surface area contributed by atoms with Crippen LogP contribution in [0.3, 0.4) is 0 Å². The van der Waals surface area contributed by atoms with E-state index >= 15 is 0 Å². The molecular weight excluding hydrogens is 313 g/mol. The summed E-state index contributed by atoms with van der Waals surface area (Å²) in [5.41, 5.74) is 1.11. The highest BCUT2D eigenvalue weighted by atomic mass is 79.9. The summed E-state index contributed by atoms with van der Waals surface area (Å²) in [4.78, 5) is 0. The molecule has 0 saturated heterocycles. The molecule has 2 aromatic rings. The maximum atomic E-state index is 13.1. The predicted molar refractivity (Wildman–Crippen MR) is 74.6 cm³/mol. The molecule has 1 heterocycles. The molecule has 0 bridgehead atoms. The average molecular weight is 328 g/mol. The SMILES string of the molecule is CNCc1cc(COc2ccc(F)c(Br)c2)oc1C. The minimum absolute atomic E-state index is 0.308. The minimum atomic E-state index is -0.308. The molecule has 0 unspecified atom stereocenters. The van der Waals surface area contributed by atoms with Crippen molar-refractivity contribution in [1.82, 2.24) is 5.32 Å². The Bertz CT molecular complexity index is 569. The standard InChI is InChI=1S/C14H15BrFNO2/c1-9-10(7-17-2)5-12(19-9)8-18-11-3-4-14(16)13(15)6-11/h3-6,17H,7-8H2,1-2H3. The molecule has 0 fully saturated rings. The van der Waals surface area contributed by atoms with Gasteiger partial charge in [-0.1, -0.05) is 0 Å². The van der Waals surface area contributed by atoms with E-state index in [1.165, 1.54) is 6.07 Å². The normalized spacial score (nSPS) is 10.7. The van der Waals surface area contributed by atoms with E-state index in [-0.39, 0.29) is 5.82 Å². The molecule has 1 aromatic carbocycles. The van der Waals surface area contributed by atoms with Crippen molar-refractivity contribution in [2.75, 3.05) is 7.05 Å². The fraction of sp³-hybridized carbons (Fsp3) is 0.286. The molecule has 3 nitrogen and oxygen atoms in total. The van der Waals surface area contributed by atoms with Crippen LogP contribution in [0.4, 0.5) is 4.39 Å². The second-order valence-corrected chi connectivity index (χ2v) is 5.04. The first-order valence-electron chi connectivity index (χ1n) is 5.91. The van der Waals surface area contributed by atoms with Crippen LogP contribution in [0.1, 0.15) is 17.1 Å². The van der Waals surface area contributed by atoms with E-state index in [1.54, 1.807) is 12.1 Å². The molecule has 19 heavy (non-hydrogen) atoms. The van der Waals surface area contributed by atoms with Gasteiger partial charge in [0.2, 0.25) is 0 Å². The number of benzene rings is 1. The largest absolute Gasteiger partial charge is 0.486 e. The van der Waals surface area contributed by atoms with Gasteiger partial charge in [-0.05, 0) is 54.2 Å². The Hall–Kier alpha value is -1.33. The number of furan rings is 1. The Labute approximate surface area is 119 Å². The second-order valence-electron chi connectivity index (χ2n) is 4.19. The molecule has 0 amide bonds. The van der Waals surface area contributed by atoms with Crippen LogP contribution in [-0.4, -0.2) is 7.05 Å². The smallest absolute Gasteiger partial charge is 0.146 e. The zero-order valence-electron chi connectivity index (χ0n) is 10.8. The van der Waals surface area contributed by atoms with Crippen LogP contribution in [0.15, 0.2) is 33.2 Å². The molecule has 0 radical (unpaired) electrons. The Morgan fingerprint density at radius 2 is 2.16 bits per heavy atom. The number of nitrogens with one attached hydrogen (secondary N) is 1. The van der Waals surface area contributed by atoms with Crippen LogP contribution in [0.5, 0.6) is 5.75 Å². The lowest BCUT2D eigenvalue weighted by molar-refractivity contribution is 0.267. The molecule has 0 atom stereocenters. The van der Waals surface area contributed by atoms with E-state index in [9.17, 15) is 4.39 Å². The van der Waals surface area contributed by atoms with Gasteiger partial charge in [-0.3, -0.25) is 0 Å². The molecular formula is C14H15BrFNO2. The van der Waals surface area contributed by atoms with Crippen molar-refractivity contribution in [2.24, 2.45) is 0 Å². The molecule has 0 aliphatic heterocycles. The number of ether oxygens (including phenoxy) is 1. The average Bonchev–Trinajstić information content (AvgIpc) is 2.72. The molecule has 0 saturated carbocycles. The third kappa shape index (κ3) is 3.58. The fourth-order valence-corrected chi connectivity index (χ4v) is 2.10. The molecule has 1 aromatic heterocycles. The number of hydrogen-bond acceptors (Lipinski definition) is 3. The number of halogens is 2. The molecule has 5 heteroatoms. The highest BCUT2D eigenvalue weighted by Crippen LogP contribution is 2.23. The fourth-order valence-electron chi connectivity index (χ4n) is 1.75. The Morgan fingerprint density at radius 1 is 1.37 bits per heavy atom. The summed E-state index contributed by atoms with van der Waals surface area (Å²) in [7, 11) is 1.89. The third-order valence-corrected chi connectivity index (χ3v) is 3.32. The Kier molecular flexibility index (Phi) is 4.61. The van der Waals surface area contributed by atoms with Crippen molar-refractivity contribution >= 4 is 15.9 Å². The van der Waals surface area contributed by atoms with Gasteiger partial charge >= 0.3 is 0 Å². The summed E-state index contributed by atoms with van der Waals surface area (Å²) < 4.78 is 24.6. The van der Waals surface area contributed by atoms with Crippen LogP contribution in [0, 0.1) is 12.7 Å². The van der Waals surface area contributed by atoms with Crippen molar-refractivity contribution in [1.29, 1.82) is 0 Å². The van der Waals surface area contributed by atoms with E-state index < -0.39 is 0 Å². The minimum Gasteiger partial charge on any atom is -0.486 e. The summed E-state index contributed by atoms with van der Waals surface area (Å²) in [6, 6.07) is 6.51. The van der Waals surface area contributed by atoms with Crippen molar-refractivity contribution in [3.63, 3.8) is 0 Å². The van der Waals surface area contributed by atoms with E-state index in [2.05, 4.69) is 21.2 Å². The van der Waals surface area contributed by atoms with Gasteiger partial charge in [0.15, 0.2) is 0 Å². The second kappa shape index (κ2) is 6.21.